The maximum absolute atomic E-state index is 11.1. The van der Waals surface area contributed by atoms with Gasteiger partial charge in [0, 0.05) is 13.0 Å². The molecule has 0 spiro atoms. The van der Waals surface area contributed by atoms with Crippen molar-refractivity contribution in [3.8, 4) is 0 Å². The molecule has 0 bridgehead atoms. The first kappa shape index (κ1) is 25.1. The molecule has 0 aliphatic carbocycles. The van der Waals surface area contributed by atoms with Gasteiger partial charge in [-0.15, -0.1) is 0 Å². The molecular weight excluding hydrogens is 373 g/mol. The van der Waals surface area contributed by atoms with Crippen LogP contribution in [0.1, 0.15) is 12.8 Å². The van der Waals surface area contributed by atoms with E-state index in [4.69, 9.17) is 19.9 Å². The molecule has 142 valence electrons. The predicted octanol–water partition coefficient (Wildman–Crippen LogP) is -6.36. The van der Waals surface area contributed by atoms with Crippen molar-refractivity contribution in [3.05, 3.63) is 0 Å². The number of nitrogens with two attached hydrogens (primary N) is 1. The average molecular weight is 395 g/mol. The van der Waals surface area contributed by atoms with Gasteiger partial charge in [-0.25, -0.2) is 8.42 Å². The quantitative estimate of drug-likeness (QED) is 0.126. The molecule has 5 N–H and O–H groups in total. The first-order valence-corrected chi connectivity index (χ1v) is 8.84. The van der Waals surface area contributed by atoms with Crippen molar-refractivity contribution in [2.24, 2.45) is 5.73 Å². The zero-order valence-electron chi connectivity index (χ0n) is 13.8. The number of carbonyl (C=O) groups is 1. The van der Waals surface area contributed by atoms with E-state index in [1.165, 1.54) is 0 Å². The van der Waals surface area contributed by atoms with Crippen molar-refractivity contribution in [2.45, 2.75) is 43.5 Å². The molecule has 0 saturated carbocycles. The molecule has 0 unspecified atom stereocenters. The molecular formula is C12H22NNaO10S. The summed E-state index contributed by atoms with van der Waals surface area (Å²) in [4.78, 5) is 11.1. The summed E-state index contributed by atoms with van der Waals surface area (Å²) < 4.78 is 47.3. The Labute approximate surface area is 167 Å². The number of aliphatic hydroxyl groups is 3. The van der Waals surface area contributed by atoms with Crippen molar-refractivity contribution >= 4 is 16.1 Å². The van der Waals surface area contributed by atoms with Gasteiger partial charge in [-0.3, -0.25) is 4.79 Å². The molecule has 0 aromatic carbocycles. The third kappa shape index (κ3) is 9.06. The van der Waals surface area contributed by atoms with Crippen molar-refractivity contribution in [1.82, 2.24) is 0 Å². The number of ether oxygens (including phenoxy) is 3. The first-order chi connectivity index (χ1) is 11.2. The van der Waals surface area contributed by atoms with Crippen LogP contribution in [-0.4, -0.2) is 90.5 Å². The van der Waals surface area contributed by atoms with Crippen LogP contribution in [0, 0.1) is 0 Å². The van der Waals surface area contributed by atoms with Gasteiger partial charge in [-0.05, 0) is 0 Å². The smallest absolute Gasteiger partial charge is 0.748 e. The molecule has 0 amide bonds. The zero-order chi connectivity index (χ0) is 18.3. The summed E-state index contributed by atoms with van der Waals surface area (Å²) in [5, 5.41) is 29.1. The summed E-state index contributed by atoms with van der Waals surface area (Å²) >= 11 is 0. The number of aliphatic hydroxyl groups excluding tert-OH is 3. The Kier molecular flexibility index (Phi) is 11.8. The second-order valence-electron chi connectivity index (χ2n) is 5.22. The minimum Gasteiger partial charge on any atom is -0.748 e. The Balaban J connectivity index is 0.00000576. The second kappa shape index (κ2) is 11.8. The van der Waals surface area contributed by atoms with Crippen LogP contribution in [0.2, 0.25) is 0 Å². The molecule has 0 aromatic heterocycles. The molecule has 5 atom stereocenters. The number of carbonyl (C=O) groups excluding carboxylic acids is 1. The number of esters is 1. The molecule has 1 fully saturated rings. The number of hydrogen-bond acceptors (Lipinski definition) is 11. The summed E-state index contributed by atoms with van der Waals surface area (Å²) in [6, 6.07) is 0. The molecule has 1 aliphatic heterocycles. The Morgan fingerprint density at radius 1 is 1.16 bits per heavy atom. The summed E-state index contributed by atoms with van der Waals surface area (Å²) in [6.07, 6.45) is -7.76. The fourth-order valence-electron chi connectivity index (χ4n) is 2.03. The molecule has 11 nitrogen and oxygen atoms in total. The van der Waals surface area contributed by atoms with E-state index < -0.39 is 52.5 Å². The van der Waals surface area contributed by atoms with Crippen LogP contribution in [0.5, 0.6) is 0 Å². The van der Waals surface area contributed by atoms with Crippen LogP contribution in [0.15, 0.2) is 0 Å². The van der Waals surface area contributed by atoms with E-state index in [2.05, 4.69) is 0 Å². The van der Waals surface area contributed by atoms with E-state index in [9.17, 15) is 33.1 Å². The fourth-order valence-corrected chi connectivity index (χ4v) is 2.71. The number of rotatable bonds is 9. The number of hydrogen-bond donors (Lipinski definition) is 4. The molecule has 13 heteroatoms. The van der Waals surface area contributed by atoms with E-state index in [0.29, 0.717) is 0 Å². The van der Waals surface area contributed by atoms with Gasteiger partial charge in [-0.2, -0.15) is 0 Å². The third-order valence-corrected chi connectivity index (χ3v) is 3.96. The van der Waals surface area contributed by atoms with E-state index >= 15 is 0 Å². The molecule has 1 rings (SSSR count). The average Bonchev–Trinajstić information content (AvgIpc) is 2.48. The van der Waals surface area contributed by atoms with Crippen LogP contribution >= 0.6 is 0 Å². The normalized spacial score (nSPS) is 29.7. The van der Waals surface area contributed by atoms with Crippen LogP contribution in [0.3, 0.4) is 0 Å². The van der Waals surface area contributed by atoms with Gasteiger partial charge >= 0.3 is 35.5 Å². The van der Waals surface area contributed by atoms with E-state index in [0.717, 1.165) is 0 Å². The van der Waals surface area contributed by atoms with Crippen LogP contribution < -0.4 is 35.3 Å². The van der Waals surface area contributed by atoms with Gasteiger partial charge in [0.15, 0.2) is 6.29 Å². The monoisotopic (exact) mass is 395 g/mol. The van der Waals surface area contributed by atoms with Gasteiger partial charge in [0.25, 0.3) is 0 Å². The van der Waals surface area contributed by atoms with Crippen LogP contribution in [0.25, 0.3) is 0 Å². The van der Waals surface area contributed by atoms with Crippen LogP contribution in [0.4, 0.5) is 0 Å². The Hall–Kier alpha value is 0.140. The second-order valence-corrected chi connectivity index (χ2v) is 6.67. The SMILES string of the molecule is NCCC(=O)OCCCO[C@H]1O[C@H](CS(=O)(=O)[O-])[C@@H](O)[C@H](O)[C@H]1O.[Na+]. The standard InChI is InChI=1S/C12H23NO10S.Na/c13-3-2-8(14)21-4-1-5-22-12-11(17)10(16)9(15)7(23-12)6-24(18,19)20;/h7,9-12,15-17H,1-6,13H2,(H,18,19,20);/q;+1/p-1/t7-,9-,10+,11-,12+;/m1./s1. The Morgan fingerprint density at radius 2 is 1.80 bits per heavy atom. The van der Waals surface area contributed by atoms with E-state index in [-0.39, 0.29) is 62.2 Å². The van der Waals surface area contributed by atoms with Gasteiger partial charge in [0.05, 0.1) is 35.5 Å². The van der Waals surface area contributed by atoms with Crippen molar-refractivity contribution in [1.29, 1.82) is 0 Å². The van der Waals surface area contributed by atoms with Gasteiger partial charge in [0.2, 0.25) is 0 Å². The molecule has 25 heavy (non-hydrogen) atoms. The summed E-state index contributed by atoms with van der Waals surface area (Å²) in [5.41, 5.74) is 5.17. The maximum atomic E-state index is 11.1. The summed E-state index contributed by atoms with van der Waals surface area (Å²) in [5.74, 6) is -1.54. The largest absolute Gasteiger partial charge is 1.00 e. The van der Waals surface area contributed by atoms with Crippen molar-refractivity contribution < 1.29 is 76.9 Å². The molecule has 1 saturated heterocycles. The van der Waals surface area contributed by atoms with Crippen molar-refractivity contribution in [2.75, 3.05) is 25.5 Å². The van der Waals surface area contributed by atoms with Gasteiger partial charge in [-0.1, -0.05) is 0 Å². The molecule has 1 heterocycles. The summed E-state index contributed by atoms with van der Waals surface area (Å²) in [6.45, 7) is 0.157. The van der Waals surface area contributed by atoms with Crippen LogP contribution in [-0.2, 0) is 29.1 Å². The zero-order valence-corrected chi connectivity index (χ0v) is 16.6. The van der Waals surface area contributed by atoms with E-state index in [1.807, 2.05) is 0 Å². The molecule has 1 aliphatic rings. The van der Waals surface area contributed by atoms with E-state index in [1.54, 1.807) is 0 Å². The Bertz CT molecular complexity index is 504. The molecule has 0 aromatic rings. The topological polar surface area (TPSA) is 189 Å². The minimum absolute atomic E-state index is 0. The predicted molar refractivity (Wildman–Crippen MR) is 76.4 cm³/mol. The Morgan fingerprint density at radius 3 is 2.36 bits per heavy atom. The van der Waals surface area contributed by atoms with Gasteiger partial charge in [0.1, 0.15) is 24.4 Å². The summed E-state index contributed by atoms with van der Waals surface area (Å²) in [7, 11) is -4.72. The van der Waals surface area contributed by atoms with Crippen molar-refractivity contribution in [3.63, 3.8) is 0 Å². The molecule has 0 radical (unpaired) electrons. The minimum atomic E-state index is -4.72. The third-order valence-electron chi connectivity index (χ3n) is 3.22. The first-order valence-electron chi connectivity index (χ1n) is 7.26. The maximum Gasteiger partial charge on any atom is 1.00 e. The fraction of sp³-hybridized carbons (Fsp3) is 0.917. The van der Waals surface area contributed by atoms with Gasteiger partial charge < -0.3 is 39.8 Å².